The summed E-state index contributed by atoms with van der Waals surface area (Å²) in [6.45, 7) is 10.5. The fourth-order valence-corrected chi connectivity index (χ4v) is 7.52. The van der Waals surface area contributed by atoms with Gasteiger partial charge in [-0.3, -0.25) is 4.79 Å². The Labute approximate surface area is 178 Å². The lowest BCUT2D eigenvalue weighted by molar-refractivity contribution is -0.138. The van der Waals surface area contributed by atoms with Crippen LogP contribution in [0.25, 0.3) is 0 Å². The van der Waals surface area contributed by atoms with E-state index in [1.165, 1.54) is 69.9 Å². The van der Waals surface area contributed by atoms with Crippen LogP contribution in [0.15, 0.2) is 12.3 Å². The number of carbonyl (C=O) groups is 1. The third kappa shape index (κ3) is 3.88. The Morgan fingerprint density at radius 2 is 1.28 bits per heavy atom. The molecule has 0 aromatic heterocycles. The van der Waals surface area contributed by atoms with Crippen LogP contribution in [-0.2, 0) is 4.79 Å². The molecule has 0 bridgehead atoms. The Kier molecular flexibility index (Phi) is 5.45. The molecule has 5 aliphatic rings. The minimum Gasteiger partial charge on any atom is -0.372 e. The molecule has 1 amide bonds. The van der Waals surface area contributed by atoms with E-state index in [2.05, 4.69) is 23.3 Å². The van der Waals surface area contributed by atoms with E-state index in [1.807, 2.05) is 0 Å². The van der Waals surface area contributed by atoms with E-state index in [0.29, 0.717) is 11.8 Å². The van der Waals surface area contributed by atoms with Crippen molar-refractivity contribution >= 4 is 5.91 Å². The summed E-state index contributed by atoms with van der Waals surface area (Å²) in [7, 11) is 0. The van der Waals surface area contributed by atoms with Gasteiger partial charge in [-0.1, -0.05) is 39.2 Å². The van der Waals surface area contributed by atoms with E-state index in [1.54, 1.807) is 0 Å². The zero-order valence-electron chi connectivity index (χ0n) is 18.7. The molecule has 4 aliphatic carbocycles. The number of hydrogen-bond acceptors (Lipinski definition) is 2. The summed E-state index contributed by atoms with van der Waals surface area (Å²) in [4.78, 5) is 17.2. The van der Waals surface area contributed by atoms with E-state index in [0.717, 1.165) is 62.7 Å². The summed E-state index contributed by atoms with van der Waals surface area (Å²) in [5, 5.41) is 0. The molecule has 3 atom stereocenters. The van der Waals surface area contributed by atoms with Crippen molar-refractivity contribution < 1.29 is 4.79 Å². The molecule has 3 unspecified atom stereocenters. The molecule has 1 saturated heterocycles. The first kappa shape index (κ1) is 19.9. The molecule has 5 rings (SSSR count). The highest BCUT2D eigenvalue weighted by Crippen LogP contribution is 2.51. The van der Waals surface area contributed by atoms with Crippen LogP contribution in [0.2, 0.25) is 0 Å². The van der Waals surface area contributed by atoms with Crippen LogP contribution in [0.5, 0.6) is 0 Å². The number of allylic oxidation sites excluding steroid dienone is 1. The molecule has 5 fully saturated rings. The maximum Gasteiger partial charge on any atom is 0.228 e. The van der Waals surface area contributed by atoms with Crippen molar-refractivity contribution in [1.82, 2.24) is 9.80 Å². The lowest BCUT2D eigenvalue weighted by atomic mass is 9.64. The summed E-state index contributed by atoms with van der Waals surface area (Å²) in [6, 6.07) is 0. The monoisotopic (exact) mass is 398 g/mol. The van der Waals surface area contributed by atoms with Crippen LogP contribution < -0.4 is 0 Å². The molecule has 0 aromatic carbocycles. The van der Waals surface area contributed by atoms with Crippen LogP contribution in [0.4, 0.5) is 0 Å². The number of carbonyl (C=O) groups excluding carboxylic acids is 1. The van der Waals surface area contributed by atoms with Crippen LogP contribution in [-0.4, -0.2) is 41.9 Å². The zero-order chi connectivity index (χ0) is 20.0. The second kappa shape index (κ2) is 7.93. The SMILES string of the molecule is C=C(C1CCC(C2CCCC3CCCC32)CC1)N1CCN(C(=O)C2(C)CC2)CC1. The summed E-state index contributed by atoms with van der Waals surface area (Å²) >= 11 is 0. The normalized spacial score (nSPS) is 39.1. The van der Waals surface area contributed by atoms with E-state index >= 15 is 0 Å². The van der Waals surface area contributed by atoms with Gasteiger partial charge in [-0.15, -0.1) is 0 Å². The van der Waals surface area contributed by atoms with Gasteiger partial charge in [0, 0.05) is 37.3 Å². The van der Waals surface area contributed by atoms with Gasteiger partial charge >= 0.3 is 0 Å². The Bertz CT molecular complexity index is 623. The third-order valence-corrected chi connectivity index (χ3v) is 9.72. The van der Waals surface area contributed by atoms with Gasteiger partial charge in [0.2, 0.25) is 5.91 Å². The van der Waals surface area contributed by atoms with Gasteiger partial charge < -0.3 is 9.80 Å². The number of amides is 1. The molecule has 0 aromatic rings. The highest BCUT2D eigenvalue weighted by molar-refractivity contribution is 5.85. The van der Waals surface area contributed by atoms with E-state index in [-0.39, 0.29) is 5.41 Å². The maximum atomic E-state index is 12.6. The molecule has 1 heterocycles. The van der Waals surface area contributed by atoms with E-state index < -0.39 is 0 Å². The number of hydrogen-bond donors (Lipinski definition) is 0. The maximum absolute atomic E-state index is 12.6. The highest BCUT2D eigenvalue weighted by atomic mass is 16.2. The minimum atomic E-state index is -0.0188. The third-order valence-electron chi connectivity index (χ3n) is 9.72. The van der Waals surface area contributed by atoms with Gasteiger partial charge in [0.15, 0.2) is 0 Å². The van der Waals surface area contributed by atoms with Crippen molar-refractivity contribution in [1.29, 1.82) is 0 Å². The molecule has 0 N–H and O–H groups in total. The average molecular weight is 399 g/mol. The van der Waals surface area contributed by atoms with E-state index in [9.17, 15) is 4.79 Å². The molecule has 1 aliphatic heterocycles. The quantitative estimate of drug-likeness (QED) is 0.627. The van der Waals surface area contributed by atoms with Crippen LogP contribution in [0, 0.1) is 35.0 Å². The van der Waals surface area contributed by atoms with Crippen LogP contribution in [0.3, 0.4) is 0 Å². The Balaban J connectivity index is 1.10. The van der Waals surface area contributed by atoms with Crippen molar-refractivity contribution in [2.45, 2.75) is 84.0 Å². The predicted octanol–water partition coefficient (Wildman–Crippen LogP) is 5.47. The van der Waals surface area contributed by atoms with Crippen LogP contribution >= 0.6 is 0 Å². The molecule has 0 spiro atoms. The van der Waals surface area contributed by atoms with E-state index in [4.69, 9.17) is 0 Å². The fraction of sp³-hybridized carbons (Fsp3) is 0.885. The number of nitrogens with zero attached hydrogens (tertiary/aromatic N) is 2. The van der Waals surface area contributed by atoms with Gasteiger partial charge in [-0.2, -0.15) is 0 Å². The first-order valence-corrected chi connectivity index (χ1v) is 12.8. The average Bonchev–Trinajstić information content (AvgIpc) is 3.33. The van der Waals surface area contributed by atoms with Crippen molar-refractivity contribution in [3.63, 3.8) is 0 Å². The largest absolute Gasteiger partial charge is 0.372 e. The highest BCUT2D eigenvalue weighted by Gasteiger charge is 2.47. The first-order valence-electron chi connectivity index (χ1n) is 12.8. The molecule has 29 heavy (non-hydrogen) atoms. The standard InChI is InChI=1S/C26H42N2O/c1-19(27-15-17-28(18-16-27)25(29)26(2)13-14-26)20-9-11-22(12-10-20)24-8-4-6-21-5-3-7-23(21)24/h20-24H,1,3-18H2,2H3. The van der Waals surface area contributed by atoms with Crippen molar-refractivity contribution in [3.8, 4) is 0 Å². The summed E-state index contributed by atoms with van der Waals surface area (Å²) < 4.78 is 0. The van der Waals surface area contributed by atoms with Gasteiger partial charge in [0.05, 0.1) is 0 Å². The van der Waals surface area contributed by atoms with Gasteiger partial charge in [-0.05, 0) is 81.0 Å². The fourth-order valence-electron chi connectivity index (χ4n) is 7.52. The topological polar surface area (TPSA) is 23.6 Å². The molecular weight excluding hydrogens is 356 g/mol. The molecule has 162 valence electrons. The van der Waals surface area contributed by atoms with Gasteiger partial charge in [-0.25, -0.2) is 0 Å². The molecule has 3 heteroatoms. The summed E-state index contributed by atoms with van der Waals surface area (Å²) in [5.74, 6) is 5.30. The minimum absolute atomic E-state index is 0.0188. The molecular formula is C26H42N2O. The predicted molar refractivity (Wildman–Crippen MR) is 118 cm³/mol. The lowest BCUT2D eigenvalue weighted by Gasteiger charge is -2.44. The summed E-state index contributed by atoms with van der Waals surface area (Å²) in [6.07, 6.45) is 16.9. The Morgan fingerprint density at radius 3 is 1.83 bits per heavy atom. The number of piperazine rings is 1. The van der Waals surface area contributed by atoms with Gasteiger partial charge in [0.25, 0.3) is 0 Å². The lowest BCUT2D eigenvalue weighted by Crippen LogP contribution is -2.50. The van der Waals surface area contributed by atoms with Gasteiger partial charge in [0.1, 0.15) is 0 Å². The van der Waals surface area contributed by atoms with Crippen molar-refractivity contribution in [2.75, 3.05) is 26.2 Å². The van der Waals surface area contributed by atoms with Crippen LogP contribution in [0.1, 0.15) is 84.0 Å². The number of fused-ring (bicyclic) bond motifs is 1. The second-order valence-electron chi connectivity index (χ2n) is 11.4. The molecule has 0 radical (unpaired) electrons. The zero-order valence-corrected chi connectivity index (χ0v) is 18.7. The second-order valence-corrected chi connectivity index (χ2v) is 11.4. The van der Waals surface area contributed by atoms with Crippen molar-refractivity contribution in [3.05, 3.63) is 12.3 Å². The molecule has 3 nitrogen and oxygen atoms in total. The first-order chi connectivity index (χ1) is 14.0. The van der Waals surface area contributed by atoms with Crippen molar-refractivity contribution in [2.24, 2.45) is 35.0 Å². The number of rotatable bonds is 4. The Hall–Kier alpha value is -0.990. The summed E-state index contributed by atoms with van der Waals surface area (Å²) in [5.41, 5.74) is 1.37. The Morgan fingerprint density at radius 1 is 0.759 bits per heavy atom. The smallest absolute Gasteiger partial charge is 0.228 e. The molecule has 4 saturated carbocycles.